The van der Waals surface area contributed by atoms with Crippen molar-refractivity contribution in [3.63, 3.8) is 0 Å². The van der Waals surface area contributed by atoms with Gasteiger partial charge in [0.25, 0.3) is 0 Å². The molecule has 0 aromatic carbocycles. The van der Waals surface area contributed by atoms with Crippen molar-refractivity contribution in [3.05, 3.63) is 11.6 Å². The molecule has 0 aromatic rings. The second kappa shape index (κ2) is 9.65. The zero-order valence-corrected chi connectivity index (χ0v) is 23.0. The van der Waals surface area contributed by atoms with Crippen LogP contribution in [0.15, 0.2) is 11.6 Å². The van der Waals surface area contributed by atoms with Gasteiger partial charge in [0.15, 0.2) is 6.29 Å². The van der Waals surface area contributed by atoms with Gasteiger partial charge in [-0.2, -0.15) is 0 Å². The maximum absolute atomic E-state index is 13.0. The van der Waals surface area contributed by atoms with Gasteiger partial charge in [-0.15, -0.1) is 0 Å². The van der Waals surface area contributed by atoms with Crippen molar-refractivity contribution in [2.24, 2.45) is 34.5 Å². The second-order valence-corrected chi connectivity index (χ2v) is 13.3. The van der Waals surface area contributed by atoms with E-state index >= 15 is 0 Å². The summed E-state index contributed by atoms with van der Waals surface area (Å²) < 4.78 is 23.1. The van der Waals surface area contributed by atoms with Crippen LogP contribution < -0.4 is 0 Å². The van der Waals surface area contributed by atoms with Gasteiger partial charge >= 0.3 is 5.97 Å². The fourth-order valence-electron chi connectivity index (χ4n) is 9.96. The van der Waals surface area contributed by atoms with Crippen LogP contribution >= 0.6 is 0 Å². The molecule has 2 aliphatic heterocycles. The van der Waals surface area contributed by atoms with Gasteiger partial charge in [0.05, 0.1) is 23.9 Å². The van der Waals surface area contributed by atoms with E-state index in [1.54, 1.807) is 13.2 Å². The summed E-state index contributed by atoms with van der Waals surface area (Å²) in [5, 5.41) is 22.7. The first-order valence-corrected chi connectivity index (χ1v) is 14.7. The minimum Gasteiger partial charge on any atom is -0.458 e. The Labute approximate surface area is 225 Å². The number of carbonyl (C=O) groups excluding carboxylic acids is 2. The van der Waals surface area contributed by atoms with Gasteiger partial charge in [-0.05, 0) is 94.0 Å². The molecule has 0 radical (unpaired) electrons. The minimum atomic E-state index is -0.830. The van der Waals surface area contributed by atoms with Crippen LogP contribution in [0.1, 0.15) is 78.1 Å². The maximum Gasteiger partial charge on any atom is 0.331 e. The highest BCUT2D eigenvalue weighted by molar-refractivity contribution is 5.85. The zero-order valence-electron chi connectivity index (χ0n) is 23.0. The molecule has 5 fully saturated rings. The molecule has 0 bridgehead atoms. The molecule has 8 heteroatoms. The lowest BCUT2D eigenvalue weighted by Crippen LogP contribution is -2.63. The lowest BCUT2D eigenvalue weighted by Gasteiger charge is -2.63. The Bertz CT molecular complexity index is 981. The molecule has 0 spiro atoms. The number of methoxy groups -OCH3 is 1. The van der Waals surface area contributed by atoms with E-state index in [0.29, 0.717) is 13.0 Å². The van der Waals surface area contributed by atoms with E-state index in [1.165, 1.54) is 6.29 Å². The number of esters is 1. The highest BCUT2D eigenvalue weighted by atomic mass is 16.7. The van der Waals surface area contributed by atoms with E-state index in [2.05, 4.69) is 6.92 Å². The molecule has 8 nitrogen and oxygen atoms in total. The SMILES string of the molecule is CO[C@H]1C[C@H](O[C@H]2CC[C@@]3(C=O)[C@@H](CC[C@@H]4[C@@H]3CC[C@]3(C)[C@@H](C5=CC(=O)OC5)CC[C@]43O)C2)O[C@H](C)[C@@H]1O. The lowest BCUT2D eigenvalue weighted by molar-refractivity contribution is -0.272. The highest BCUT2D eigenvalue weighted by Crippen LogP contribution is 2.69. The maximum atomic E-state index is 13.0. The first-order chi connectivity index (χ1) is 18.1. The van der Waals surface area contributed by atoms with Crippen molar-refractivity contribution in [2.75, 3.05) is 13.7 Å². The Morgan fingerprint density at radius 1 is 1.08 bits per heavy atom. The summed E-state index contributed by atoms with van der Waals surface area (Å²) in [5.74, 6) is 0.384. The molecule has 2 N–H and O–H groups in total. The standard InChI is InChI=1S/C30H44O8/c1-17-27(33)24(35-3)14-26(37-17)38-20-6-10-29(16-31)19(13-20)4-5-23-22(29)7-9-28(2)21(8-11-30(23,28)34)18-12-25(32)36-15-18/h12,16-17,19-24,26-27,33-34H,4-11,13-15H2,1-3H3/t17-,19+,20+,21-,22+,23-,24+,26+,27+,28-,29-,30+/m1/s1. The molecule has 6 rings (SSSR count). The van der Waals surface area contributed by atoms with Gasteiger partial charge in [0.1, 0.15) is 19.0 Å². The molecule has 4 aliphatic carbocycles. The molecule has 12 atom stereocenters. The van der Waals surface area contributed by atoms with Crippen molar-refractivity contribution >= 4 is 12.3 Å². The number of aldehydes is 1. The molecule has 0 amide bonds. The van der Waals surface area contributed by atoms with Crippen molar-refractivity contribution in [1.29, 1.82) is 0 Å². The summed E-state index contributed by atoms with van der Waals surface area (Å²) in [5.41, 5.74) is -0.521. The summed E-state index contributed by atoms with van der Waals surface area (Å²) in [6.45, 7) is 4.40. The predicted molar refractivity (Wildman–Crippen MR) is 137 cm³/mol. The number of aliphatic hydroxyl groups is 2. The summed E-state index contributed by atoms with van der Waals surface area (Å²) in [6.07, 6.45) is 9.21. The van der Waals surface area contributed by atoms with Crippen LogP contribution in [-0.2, 0) is 28.5 Å². The Morgan fingerprint density at radius 3 is 2.61 bits per heavy atom. The van der Waals surface area contributed by atoms with Gasteiger partial charge < -0.3 is 34.0 Å². The number of aliphatic hydroxyl groups excluding tert-OH is 1. The van der Waals surface area contributed by atoms with E-state index < -0.39 is 23.4 Å². The van der Waals surface area contributed by atoms with Crippen LogP contribution in [0.5, 0.6) is 0 Å². The quantitative estimate of drug-likeness (QED) is 0.315. The summed E-state index contributed by atoms with van der Waals surface area (Å²) >= 11 is 0. The number of ether oxygens (including phenoxy) is 4. The van der Waals surface area contributed by atoms with E-state index in [9.17, 15) is 19.8 Å². The van der Waals surface area contributed by atoms with Crippen LogP contribution in [0.4, 0.5) is 0 Å². The largest absolute Gasteiger partial charge is 0.458 e. The molecule has 0 aromatic heterocycles. The Hall–Kier alpha value is -1.32. The van der Waals surface area contributed by atoms with Crippen LogP contribution in [0.2, 0.25) is 0 Å². The molecule has 6 aliphatic rings. The monoisotopic (exact) mass is 532 g/mol. The number of hydrogen-bond donors (Lipinski definition) is 2. The lowest BCUT2D eigenvalue weighted by atomic mass is 9.43. The number of carbonyl (C=O) groups is 2. The molecular weight excluding hydrogens is 488 g/mol. The van der Waals surface area contributed by atoms with Crippen LogP contribution in [0.25, 0.3) is 0 Å². The van der Waals surface area contributed by atoms with E-state index in [4.69, 9.17) is 18.9 Å². The van der Waals surface area contributed by atoms with Crippen LogP contribution in [-0.4, -0.2) is 72.5 Å². The van der Waals surface area contributed by atoms with Crippen LogP contribution in [0, 0.1) is 34.5 Å². The third-order valence-corrected chi connectivity index (χ3v) is 12.0. The average molecular weight is 533 g/mol. The number of cyclic esters (lactones) is 1. The third kappa shape index (κ3) is 3.88. The van der Waals surface area contributed by atoms with Gasteiger partial charge in [-0.1, -0.05) is 6.92 Å². The van der Waals surface area contributed by atoms with Crippen molar-refractivity contribution in [2.45, 2.75) is 114 Å². The van der Waals surface area contributed by atoms with Crippen molar-refractivity contribution < 1.29 is 38.7 Å². The first kappa shape index (κ1) is 26.9. The van der Waals surface area contributed by atoms with Crippen molar-refractivity contribution in [3.8, 4) is 0 Å². The summed E-state index contributed by atoms with van der Waals surface area (Å²) in [7, 11) is 1.61. The molecule has 0 unspecified atom stereocenters. The van der Waals surface area contributed by atoms with Crippen molar-refractivity contribution in [1.82, 2.24) is 0 Å². The topological polar surface area (TPSA) is 112 Å². The van der Waals surface area contributed by atoms with E-state index in [-0.39, 0.29) is 53.4 Å². The van der Waals surface area contributed by atoms with Gasteiger partial charge in [0, 0.05) is 30.4 Å². The first-order valence-electron chi connectivity index (χ1n) is 14.7. The van der Waals surface area contributed by atoms with Gasteiger partial charge in [-0.25, -0.2) is 4.79 Å². The Balaban J connectivity index is 1.18. The van der Waals surface area contributed by atoms with Gasteiger partial charge in [0.2, 0.25) is 0 Å². The Morgan fingerprint density at radius 2 is 1.89 bits per heavy atom. The van der Waals surface area contributed by atoms with Gasteiger partial charge in [-0.3, -0.25) is 0 Å². The fourth-order valence-corrected chi connectivity index (χ4v) is 9.96. The molecule has 4 saturated carbocycles. The van der Waals surface area contributed by atoms with E-state index in [0.717, 1.165) is 63.4 Å². The average Bonchev–Trinajstić information content (AvgIpc) is 3.45. The normalized spacial score (nSPS) is 52.4. The fraction of sp³-hybridized carbons (Fsp3) is 0.867. The van der Waals surface area contributed by atoms with E-state index in [1.807, 2.05) is 6.92 Å². The predicted octanol–water partition coefficient (Wildman–Crippen LogP) is 3.32. The minimum absolute atomic E-state index is 0.00854. The summed E-state index contributed by atoms with van der Waals surface area (Å²) in [4.78, 5) is 24.8. The third-order valence-electron chi connectivity index (χ3n) is 12.0. The molecular formula is C30H44O8. The summed E-state index contributed by atoms with van der Waals surface area (Å²) in [6, 6.07) is 0. The number of fused-ring (bicyclic) bond motifs is 5. The highest BCUT2D eigenvalue weighted by Gasteiger charge is 2.68. The zero-order chi connectivity index (χ0) is 26.9. The molecule has 1 saturated heterocycles. The molecule has 38 heavy (non-hydrogen) atoms. The number of rotatable bonds is 5. The van der Waals surface area contributed by atoms with Crippen LogP contribution in [0.3, 0.4) is 0 Å². The molecule has 2 heterocycles. The second-order valence-electron chi connectivity index (χ2n) is 13.3. The molecule has 212 valence electrons. The Kier molecular flexibility index (Phi) is 6.83. The number of hydrogen-bond acceptors (Lipinski definition) is 8. The smallest absolute Gasteiger partial charge is 0.331 e.